The molecule has 372 valence electrons. The van der Waals surface area contributed by atoms with Crippen LogP contribution in [0, 0.1) is 0 Å². The van der Waals surface area contributed by atoms with Crippen molar-refractivity contribution in [1.82, 2.24) is 0 Å². The molecule has 0 atom stereocenters. The Hall–Kier alpha value is 8.34. The summed E-state index contributed by atoms with van der Waals surface area (Å²) in [6.07, 6.45) is 0. The van der Waals surface area contributed by atoms with Crippen molar-refractivity contribution in [2.45, 2.75) is 0 Å². The molecule has 0 heterocycles. The van der Waals surface area contributed by atoms with Crippen LogP contribution >= 0.6 is 120 Å². The second-order valence-electron chi connectivity index (χ2n) is 3.76. The number of hydrogen-bond acceptors (Lipinski definition) is 42. The molecule has 60 heavy (non-hydrogen) atoms. The standard InChI is InChI=1S/4Na.14H3O3P.4H/c;;;;14*1-4(2)3;;;;/h;;;;14*1-3H;;;;. The van der Waals surface area contributed by atoms with E-state index in [1.807, 2.05) is 0 Å². The van der Waals surface area contributed by atoms with Crippen molar-refractivity contribution < 1.29 is 206 Å². The Morgan fingerprint density at radius 2 is 0.0833 bits per heavy atom. The quantitative estimate of drug-likeness (QED) is 0.0791. The van der Waals surface area contributed by atoms with Crippen LogP contribution in [-0.2, 0) is 0 Å². The van der Waals surface area contributed by atoms with Gasteiger partial charge in [-0.15, -0.1) is 0 Å². The van der Waals surface area contributed by atoms with Gasteiger partial charge in [-0.05, 0) is 0 Å². The third-order valence-corrected chi connectivity index (χ3v) is 0. The zero-order valence-electron chi connectivity index (χ0n) is 25.0. The summed E-state index contributed by atoms with van der Waals surface area (Å²) in [6.45, 7) is 0. The molecule has 0 aliphatic heterocycles. The van der Waals surface area contributed by atoms with E-state index in [0.29, 0.717) is 0 Å². The van der Waals surface area contributed by atoms with Crippen LogP contribution in [-0.4, -0.2) is 324 Å². The molecule has 0 aliphatic rings. The normalized spacial score (nSPS) is 8.40. The number of hydrogen-bond donors (Lipinski definition) is 42. The van der Waals surface area contributed by atoms with E-state index in [4.69, 9.17) is 206 Å². The molecule has 0 spiro atoms. The van der Waals surface area contributed by atoms with Crippen molar-refractivity contribution in [3.63, 3.8) is 0 Å². The molecule has 0 fully saturated rings. The molecular formula is H46Na4O42P14. The Kier molecular flexibility index (Phi) is 238. The van der Waals surface area contributed by atoms with Gasteiger partial charge in [-0.1, -0.05) is 0 Å². The maximum atomic E-state index is 7.23. The first-order valence-electron chi connectivity index (χ1n) is 8.40. The fraction of sp³-hybridized carbons (Fsp3) is 0. The average molecular weight is 1240 g/mol. The molecule has 0 unspecified atom stereocenters. The molecule has 0 aromatic heterocycles. The van der Waals surface area contributed by atoms with E-state index in [9.17, 15) is 0 Å². The van der Waals surface area contributed by atoms with Crippen molar-refractivity contribution >= 4 is 239 Å². The molecule has 0 rings (SSSR count). The fourth-order valence-electron chi connectivity index (χ4n) is 0. The number of rotatable bonds is 0. The topological polar surface area (TPSA) is 850 Å². The first-order chi connectivity index (χ1) is 24.2. The maximum absolute atomic E-state index is 7.23. The molecule has 0 saturated heterocycles. The van der Waals surface area contributed by atoms with Crippen molar-refractivity contribution in [2.75, 3.05) is 0 Å². The zero-order chi connectivity index (χ0) is 50.1. The summed E-state index contributed by atoms with van der Waals surface area (Å²) in [5, 5.41) is 0. The molecule has 60 heteroatoms. The van der Waals surface area contributed by atoms with Crippen LogP contribution in [0.15, 0.2) is 0 Å². The van der Waals surface area contributed by atoms with E-state index >= 15 is 0 Å². The molecule has 42 nitrogen and oxygen atoms in total. The Balaban J connectivity index is -0.0000000197. The summed E-state index contributed by atoms with van der Waals surface area (Å²) in [6, 6.07) is 0. The van der Waals surface area contributed by atoms with Crippen LogP contribution in [0.3, 0.4) is 0 Å². The first-order valence-corrected chi connectivity index (χ1v) is 25.2. The molecular weight excluding hydrogens is 1200 g/mol. The molecule has 0 aromatic carbocycles. The van der Waals surface area contributed by atoms with Gasteiger partial charge in [0.1, 0.15) is 0 Å². The fourth-order valence-corrected chi connectivity index (χ4v) is 0. The Morgan fingerprint density at radius 3 is 0.0833 bits per heavy atom. The summed E-state index contributed by atoms with van der Waals surface area (Å²) in [7, 11) is -36.7. The van der Waals surface area contributed by atoms with Gasteiger partial charge in [0.2, 0.25) is 0 Å². The summed E-state index contributed by atoms with van der Waals surface area (Å²) in [5.41, 5.74) is 0. The monoisotopic (exact) mass is 1240 g/mol. The van der Waals surface area contributed by atoms with Gasteiger partial charge in [-0.2, -0.15) is 0 Å². The minimum absolute atomic E-state index is 0. The Morgan fingerprint density at radius 1 is 0.0833 bits per heavy atom. The summed E-state index contributed by atoms with van der Waals surface area (Å²) >= 11 is 0. The summed E-state index contributed by atoms with van der Waals surface area (Å²) in [4.78, 5) is 304. The van der Waals surface area contributed by atoms with Crippen LogP contribution < -0.4 is 0 Å². The van der Waals surface area contributed by atoms with E-state index in [1.54, 1.807) is 0 Å². The van der Waals surface area contributed by atoms with Crippen molar-refractivity contribution in [3.8, 4) is 0 Å². The minimum atomic E-state index is -2.62. The van der Waals surface area contributed by atoms with E-state index in [1.165, 1.54) is 0 Å². The first kappa shape index (κ1) is 122. The van der Waals surface area contributed by atoms with Gasteiger partial charge < -0.3 is 206 Å². The molecule has 0 bridgehead atoms. The van der Waals surface area contributed by atoms with Crippen molar-refractivity contribution in [2.24, 2.45) is 0 Å². The second kappa shape index (κ2) is 117. The summed E-state index contributed by atoms with van der Waals surface area (Å²) < 4.78 is 0. The van der Waals surface area contributed by atoms with Crippen LogP contribution in [0.25, 0.3) is 0 Å². The van der Waals surface area contributed by atoms with Gasteiger partial charge >= 0.3 is 239 Å². The van der Waals surface area contributed by atoms with Gasteiger partial charge in [0.15, 0.2) is 0 Å². The van der Waals surface area contributed by atoms with Crippen LogP contribution in [0.2, 0.25) is 0 Å². The van der Waals surface area contributed by atoms with Gasteiger partial charge in [0, 0.05) is 0 Å². The van der Waals surface area contributed by atoms with Crippen LogP contribution in [0.4, 0.5) is 0 Å². The average Bonchev–Trinajstić information content (AvgIpc) is 2.73. The molecule has 0 amide bonds. The zero-order valence-corrected chi connectivity index (χ0v) is 37.6. The van der Waals surface area contributed by atoms with E-state index in [2.05, 4.69) is 0 Å². The molecule has 0 saturated carbocycles. The van der Waals surface area contributed by atoms with Gasteiger partial charge in [0.05, 0.1) is 0 Å². The predicted octanol–water partition coefficient (Wildman–Crippen LogP) is -13.9. The van der Waals surface area contributed by atoms with E-state index < -0.39 is 120 Å². The molecule has 0 aliphatic carbocycles. The Labute approximate surface area is 439 Å². The van der Waals surface area contributed by atoms with Crippen LogP contribution in [0.5, 0.6) is 0 Å². The van der Waals surface area contributed by atoms with Gasteiger partial charge in [0.25, 0.3) is 0 Å². The van der Waals surface area contributed by atoms with Crippen molar-refractivity contribution in [3.05, 3.63) is 0 Å². The van der Waals surface area contributed by atoms with Crippen LogP contribution in [0.1, 0.15) is 0 Å². The third-order valence-electron chi connectivity index (χ3n) is 0. The third kappa shape index (κ3) is 4070. The Bertz CT molecular complexity index is 293. The predicted molar refractivity (Wildman–Crippen MR) is 219 cm³/mol. The SMILES string of the molecule is OP(O)O.OP(O)O.OP(O)O.OP(O)O.OP(O)O.OP(O)O.OP(O)O.OP(O)O.OP(O)O.OP(O)O.OP(O)O.OP(O)O.OP(O)O.OP(O)O.[NaH].[NaH].[NaH].[NaH]. The van der Waals surface area contributed by atoms with E-state index in [-0.39, 0.29) is 118 Å². The molecule has 42 N–H and O–H groups in total. The summed E-state index contributed by atoms with van der Waals surface area (Å²) in [5.74, 6) is 0. The molecule has 0 radical (unpaired) electrons. The van der Waals surface area contributed by atoms with Gasteiger partial charge in [-0.25, -0.2) is 0 Å². The van der Waals surface area contributed by atoms with E-state index in [0.717, 1.165) is 0 Å². The second-order valence-corrected chi connectivity index (χ2v) is 11.3. The van der Waals surface area contributed by atoms with Gasteiger partial charge in [-0.3, -0.25) is 0 Å². The van der Waals surface area contributed by atoms with Crippen molar-refractivity contribution in [1.29, 1.82) is 0 Å². The molecule has 0 aromatic rings.